The molecule has 2 atom stereocenters. The third-order valence-electron chi connectivity index (χ3n) is 4.88. The molecule has 0 unspecified atom stereocenters. The molecular weight excluding hydrogens is 308 g/mol. The first kappa shape index (κ1) is 16.2. The van der Waals surface area contributed by atoms with E-state index in [4.69, 9.17) is 0 Å². The van der Waals surface area contributed by atoms with Crippen molar-refractivity contribution in [3.63, 3.8) is 0 Å². The molecule has 3 heterocycles. The summed E-state index contributed by atoms with van der Waals surface area (Å²) in [5.41, 5.74) is 2.80. The number of amides is 2. The van der Waals surface area contributed by atoms with Gasteiger partial charge in [0, 0.05) is 45.0 Å². The second kappa shape index (κ2) is 6.10. The summed E-state index contributed by atoms with van der Waals surface area (Å²) < 4.78 is 3.62. The van der Waals surface area contributed by atoms with Crippen LogP contribution < -0.4 is 5.32 Å². The predicted molar refractivity (Wildman–Crippen MR) is 86.6 cm³/mol. The van der Waals surface area contributed by atoms with Gasteiger partial charge in [-0.25, -0.2) is 4.98 Å². The predicted octanol–water partition coefficient (Wildman–Crippen LogP) is 0.298. The Hall–Kier alpha value is -2.64. The minimum Gasteiger partial charge on any atom is -0.350 e. The molecule has 0 bridgehead atoms. The summed E-state index contributed by atoms with van der Waals surface area (Å²) in [5.74, 6) is -0.565. The van der Waals surface area contributed by atoms with Crippen LogP contribution in [0.2, 0.25) is 0 Å². The molecule has 8 nitrogen and oxygen atoms in total. The lowest BCUT2D eigenvalue weighted by Gasteiger charge is -2.24. The van der Waals surface area contributed by atoms with Gasteiger partial charge in [-0.3, -0.25) is 14.3 Å². The van der Waals surface area contributed by atoms with Crippen molar-refractivity contribution >= 4 is 11.8 Å². The van der Waals surface area contributed by atoms with Crippen LogP contribution in [0.5, 0.6) is 0 Å². The number of likely N-dealkylation sites (tertiary alicyclic amines) is 1. The van der Waals surface area contributed by atoms with E-state index in [1.54, 1.807) is 35.4 Å². The zero-order chi connectivity index (χ0) is 17.4. The molecule has 1 saturated heterocycles. The fraction of sp³-hybridized carbons (Fsp3) is 0.500. The summed E-state index contributed by atoms with van der Waals surface area (Å²) in [6.45, 7) is 2.34. The Morgan fingerprint density at radius 1 is 1.33 bits per heavy atom. The number of imidazole rings is 1. The maximum Gasteiger partial charge on any atom is 0.226 e. The molecule has 2 amide bonds. The largest absolute Gasteiger partial charge is 0.350 e. The van der Waals surface area contributed by atoms with Crippen molar-refractivity contribution in [1.29, 1.82) is 0 Å². The number of aryl methyl sites for hydroxylation is 2. The van der Waals surface area contributed by atoms with E-state index in [9.17, 15) is 9.59 Å². The summed E-state index contributed by atoms with van der Waals surface area (Å²) in [4.78, 5) is 30.6. The number of hydrogen-bond donors (Lipinski definition) is 1. The Morgan fingerprint density at radius 2 is 2.08 bits per heavy atom. The van der Waals surface area contributed by atoms with E-state index in [0.717, 1.165) is 17.0 Å². The van der Waals surface area contributed by atoms with Crippen LogP contribution in [0, 0.1) is 12.8 Å². The van der Waals surface area contributed by atoms with Crippen LogP contribution in [0.15, 0.2) is 18.7 Å². The zero-order valence-corrected chi connectivity index (χ0v) is 14.4. The van der Waals surface area contributed by atoms with Crippen molar-refractivity contribution in [2.45, 2.75) is 25.9 Å². The van der Waals surface area contributed by atoms with Gasteiger partial charge in [0.1, 0.15) is 0 Å². The normalized spacial score (nSPS) is 20.7. The fourth-order valence-electron chi connectivity index (χ4n) is 3.20. The van der Waals surface area contributed by atoms with Crippen molar-refractivity contribution in [2.24, 2.45) is 20.0 Å². The van der Waals surface area contributed by atoms with Crippen molar-refractivity contribution in [3.8, 4) is 0 Å². The highest BCUT2D eigenvalue weighted by molar-refractivity contribution is 5.90. The van der Waals surface area contributed by atoms with E-state index in [1.165, 1.54) is 0 Å². The average Bonchev–Trinajstić information content (AvgIpc) is 3.19. The number of rotatable bonds is 4. The molecule has 1 N–H and O–H groups in total. The minimum atomic E-state index is -0.418. The first-order valence-corrected chi connectivity index (χ1v) is 7.87. The molecule has 128 valence electrons. The molecule has 0 aliphatic carbocycles. The van der Waals surface area contributed by atoms with Gasteiger partial charge in [0.2, 0.25) is 11.8 Å². The van der Waals surface area contributed by atoms with Crippen LogP contribution in [0.4, 0.5) is 0 Å². The average molecular weight is 330 g/mol. The number of hydrogen-bond acceptors (Lipinski definition) is 4. The number of nitrogens with one attached hydrogen (secondary N) is 1. The molecule has 1 aliphatic heterocycles. The van der Waals surface area contributed by atoms with Crippen LogP contribution in [0.1, 0.15) is 29.4 Å². The summed E-state index contributed by atoms with van der Waals surface area (Å²) in [6.07, 6.45) is 5.37. The van der Waals surface area contributed by atoms with Gasteiger partial charge in [0.05, 0.1) is 36.7 Å². The van der Waals surface area contributed by atoms with Crippen LogP contribution in [0.3, 0.4) is 0 Å². The van der Waals surface area contributed by atoms with Crippen LogP contribution in [-0.4, -0.2) is 43.1 Å². The standard InChI is InChI=1S/C16H22N6O2/c1-10-13(8-19-22(10)4)15-12(5-14(23)21(15)3)16(24)18-7-11-6-17-9-20(11)2/h6,8-9,12,15H,5,7H2,1-4H3,(H,18,24)/t12-,15-/m0/s1. The zero-order valence-electron chi connectivity index (χ0n) is 14.4. The Kier molecular flexibility index (Phi) is 4.13. The first-order chi connectivity index (χ1) is 11.4. The van der Waals surface area contributed by atoms with Gasteiger partial charge in [-0.05, 0) is 6.92 Å². The highest BCUT2D eigenvalue weighted by Gasteiger charge is 2.43. The molecule has 8 heteroatoms. The van der Waals surface area contributed by atoms with E-state index in [2.05, 4.69) is 15.4 Å². The summed E-state index contributed by atoms with van der Waals surface area (Å²) in [7, 11) is 5.48. The van der Waals surface area contributed by atoms with Crippen molar-refractivity contribution < 1.29 is 9.59 Å². The van der Waals surface area contributed by atoms with E-state index >= 15 is 0 Å². The molecule has 1 aliphatic rings. The van der Waals surface area contributed by atoms with Gasteiger partial charge in [0.25, 0.3) is 0 Å². The summed E-state index contributed by atoms with van der Waals surface area (Å²) >= 11 is 0. The fourth-order valence-corrected chi connectivity index (χ4v) is 3.20. The number of carbonyl (C=O) groups is 2. The maximum atomic E-state index is 12.7. The second-order valence-electron chi connectivity index (χ2n) is 6.28. The molecule has 0 radical (unpaired) electrons. The molecule has 2 aromatic rings. The monoisotopic (exact) mass is 330 g/mol. The van der Waals surface area contributed by atoms with Gasteiger partial charge in [-0.15, -0.1) is 0 Å². The molecule has 0 spiro atoms. The van der Waals surface area contributed by atoms with E-state index < -0.39 is 5.92 Å². The number of nitrogens with zero attached hydrogens (tertiary/aromatic N) is 5. The van der Waals surface area contributed by atoms with Crippen molar-refractivity contribution in [3.05, 3.63) is 35.7 Å². The lowest BCUT2D eigenvalue weighted by atomic mass is 9.93. The Morgan fingerprint density at radius 3 is 2.67 bits per heavy atom. The van der Waals surface area contributed by atoms with E-state index in [-0.39, 0.29) is 24.3 Å². The lowest BCUT2D eigenvalue weighted by Crippen LogP contribution is -2.34. The summed E-state index contributed by atoms with van der Waals surface area (Å²) in [6, 6.07) is -0.280. The van der Waals surface area contributed by atoms with E-state index in [1.807, 2.05) is 25.6 Å². The van der Waals surface area contributed by atoms with E-state index in [0.29, 0.717) is 6.54 Å². The molecule has 0 saturated carbocycles. The van der Waals surface area contributed by atoms with Crippen LogP contribution in [-0.2, 0) is 30.2 Å². The lowest BCUT2D eigenvalue weighted by molar-refractivity contribution is -0.128. The minimum absolute atomic E-state index is 0.0241. The molecule has 1 fully saturated rings. The van der Waals surface area contributed by atoms with Gasteiger partial charge in [-0.1, -0.05) is 0 Å². The SMILES string of the molecule is Cc1c([C@@H]2[C@@H](C(=O)NCc3cncn3C)CC(=O)N2C)cnn1C. The smallest absolute Gasteiger partial charge is 0.226 e. The van der Waals surface area contributed by atoms with Gasteiger partial charge in [0.15, 0.2) is 0 Å². The van der Waals surface area contributed by atoms with Crippen LogP contribution in [0.25, 0.3) is 0 Å². The van der Waals surface area contributed by atoms with Gasteiger partial charge < -0.3 is 14.8 Å². The molecule has 2 aromatic heterocycles. The highest BCUT2D eigenvalue weighted by atomic mass is 16.2. The molecule has 3 rings (SSSR count). The Balaban J connectivity index is 1.79. The second-order valence-corrected chi connectivity index (χ2v) is 6.28. The highest BCUT2D eigenvalue weighted by Crippen LogP contribution is 2.38. The van der Waals surface area contributed by atoms with Crippen molar-refractivity contribution in [2.75, 3.05) is 7.05 Å². The molecular formula is C16H22N6O2. The Labute approximate surface area is 140 Å². The third-order valence-corrected chi connectivity index (χ3v) is 4.88. The quantitative estimate of drug-likeness (QED) is 0.874. The van der Waals surface area contributed by atoms with Gasteiger partial charge >= 0.3 is 0 Å². The molecule has 24 heavy (non-hydrogen) atoms. The maximum absolute atomic E-state index is 12.7. The number of aromatic nitrogens is 4. The Bertz CT molecular complexity index is 777. The number of carbonyl (C=O) groups excluding carboxylic acids is 2. The van der Waals surface area contributed by atoms with Crippen molar-refractivity contribution in [1.82, 2.24) is 29.5 Å². The van der Waals surface area contributed by atoms with Crippen LogP contribution >= 0.6 is 0 Å². The third kappa shape index (κ3) is 2.68. The first-order valence-electron chi connectivity index (χ1n) is 7.87. The topological polar surface area (TPSA) is 85.1 Å². The van der Waals surface area contributed by atoms with Gasteiger partial charge in [-0.2, -0.15) is 5.10 Å². The summed E-state index contributed by atoms with van der Waals surface area (Å²) in [5, 5.41) is 7.18. The molecule has 0 aromatic carbocycles.